The molecule has 2 heterocycles. The van der Waals surface area contributed by atoms with Crippen molar-refractivity contribution in [3.8, 4) is 5.75 Å². The van der Waals surface area contributed by atoms with Gasteiger partial charge >= 0.3 is 18.1 Å². The number of phenolic OH excluding ortho intramolecular Hbond substituents is 1. The number of benzene rings is 2. The van der Waals surface area contributed by atoms with Crippen molar-refractivity contribution in [2.45, 2.75) is 43.6 Å². The summed E-state index contributed by atoms with van der Waals surface area (Å²) >= 11 is 11.9. The van der Waals surface area contributed by atoms with E-state index in [4.69, 9.17) is 33.1 Å². The molecule has 0 aromatic heterocycles. The summed E-state index contributed by atoms with van der Waals surface area (Å²) in [6.07, 6.45) is -4.47. The third-order valence-corrected chi connectivity index (χ3v) is 7.24. The minimum absolute atomic E-state index is 0.0179. The maximum atomic E-state index is 12.7. The molecule has 1 amide bonds. The first-order valence-corrected chi connectivity index (χ1v) is 13.2. The van der Waals surface area contributed by atoms with Crippen LogP contribution in [-0.4, -0.2) is 93.7 Å². The molecule has 10 nitrogen and oxygen atoms in total. The highest BCUT2D eigenvalue weighted by Crippen LogP contribution is 2.34. The number of aliphatic hydroxyl groups excluding tert-OH is 1. The van der Waals surface area contributed by atoms with E-state index in [9.17, 15) is 38.1 Å². The van der Waals surface area contributed by atoms with E-state index in [2.05, 4.69) is 5.32 Å². The molecule has 5 N–H and O–H groups in total. The number of rotatable bonds is 6. The Hall–Kier alpha value is -3.26. The van der Waals surface area contributed by atoms with Crippen molar-refractivity contribution in [3.63, 3.8) is 0 Å². The zero-order valence-electron chi connectivity index (χ0n) is 21.4. The molecular weight excluding hydrogens is 594 g/mol. The summed E-state index contributed by atoms with van der Waals surface area (Å²) < 4.78 is 31.7. The largest absolute Gasteiger partial charge is 0.506 e. The maximum Gasteiger partial charge on any atom is 0.490 e. The summed E-state index contributed by atoms with van der Waals surface area (Å²) in [5, 5.41) is 41.3. The fraction of sp³-hybridized carbons (Fsp3) is 0.423. The van der Waals surface area contributed by atoms with Gasteiger partial charge in [0.25, 0.3) is 5.91 Å². The Bertz CT molecular complexity index is 1260. The molecular formula is C26H28Cl2F3N3O7. The number of alkyl halides is 3. The van der Waals surface area contributed by atoms with Crippen LogP contribution >= 0.6 is 23.2 Å². The van der Waals surface area contributed by atoms with Gasteiger partial charge in [0.15, 0.2) is 0 Å². The standard InChI is InChI=1S/C24H27Cl2N3O5.C2HF3O2/c25-16-3-1-14(2-4-16)24(34)28-7-5-17(6-8-28)27-19-12-29(13-22(19)31)20-11-21(30)18(26)9-15(20)10-23(32)33;3-2(4,5)1(6)7/h1-4,9,11,17,19,22,27,30-31H,5-8,10,12-13H2,(H,32,33);(H,6,7)/t19?,22-;/m1./s1. The second-order valence-electron chi connectivity index (χ2n) is 9.62. The molecule has 0 aliphatic carbocycles. The SMILES string of the molecule is O=C(O)C(F)(F)F.O=C(O)Cc1cc(Cl)c(O)cc1N1CC(NC2CCN(C(=O)c3ccc(Cl)cc3)CC2)[C@H](O)C1. The monoisotopic (exact) mass is 621 g/mol. The van der Waals surface area contributed by atoms with Crippen LogP contribution < -0.4 is 10.2 Å². The molecule has 2 aromatic carbocycles. The fourth-order valence-corrected chi connectivity index (χ4v) is 4.98. The normalized spacial score (nSPS) is 19.5. The zero-order valence-corrected chi connectivity index (χ0v) is 23.0. The number of piperidine rings is 1. The van der Waals surface area contributed by atoms with Gasteiger partial charge in [-0.05, 0) is 48.7 Å². The topological polar surface area (TPSA) is 151 Å². The van der Waals surface area contributed by atoms with Crippen LogP contribution in [0.5, 0.6) is 5.75 Å². The van der Waals surface area contributed by atoms with Crippen LogP contribution in [-0.2, 0) is 16.0 Å². The van der Waals surface area contributed by atoms with Crippen LogP contribution in [0.3, 0.4) is 0 Å². The van der Waals surface area contributed by atoms with E-state index in [0.717, 1.165) is 12.8 Å². The minimum atomic E-state index is -5.08. The Morgan fingerprint density at radius 2 is 1.59 bits per heavy atom. The van der Waals surface area contributed by atoms with Crippen molar-refractivity contribution >= 4 is 46.7 Å². The van der Waals surface area contributed by atoms with Crippen LogP contribution in [0.1, 0.15) is 28.8 Å². The number of nitrogens with one attached hydrogen (secondary N) is 1. The smallest absolute Gasteiger partial charge is 0.490 e. The Kier molecular flexibility index (Phi) is 10.7. The van der Waals surface area contributed by atoms with Crippen LogP contribution in [0.25, 0.3) is 0 Å². The Morgan fingerprint density at radius 3 is 2.12 bits per heavy atom. The lowest BCUT2D eigenvalue weighted by atomic mass is 10.0. The number of aliphatic hydroxyl groups is 1. The molecule has 4 rings (SSSR count). The number of carboxylic acid groups (broad SMARTS) is 2. The van der Waals surface area contributed by atoms with Gasteiger partial charge in [-0.15, -0.1) is 0 Å². The highest BCUT2D eigenvalue weighted by molar-refractivity contribution is 6.32. The lowest BCUT2D eigenvalue weighted by molar-refractivity contribution is -0.192. The van der Waals surface area contributed by atoms with E-state index in [0.29, 0.717) is 48.0 Å². The molecule has 1 unspecified atom stereocenters. The van der Waals surface area contributed by atoms with E-state index in [-0.39, 0.29) is 35.2 Å². The molecule has 0 bridgehead atoms. The predicted molar refractivity (Wildman–Crippen MR) is 144 cm³/mol. The number of β-amino-alcohol motifs (C(OH)–C–C–N with tert-alkyl or cyclic N) is 1. The number of nitrogens with zero attached hydrogens (tertiary/aromatic N) is 2. The van der Waals surface area contributed by atoms with Crippen molar-refractivity contribution in [1.29, 1.82) is 0 Å². The average molecular weight is 622 g/mol. The summed E-state index contributed by atoms with van der Waals surface area (Å²) in [4.78, 5) is 36.6. The molecule has 0 saturated carbocycles. The number of aromatic hydroxyl groups is 1. The summed E-state index contributed by atoms with van der Waals surface area (Å²) in [6, 6.07) is 9.71. The van der Waals surface area contributed by atoms with Gasteiger partial charge in [0, 0.05) is 54.6 Å². The molecule has 0 radical (unpaired) electrons. The maximum absolute atomic E-state index is 12.7. The molecule has 2 atom stereocenters. The molecule has 2 aromatic rings. The van der Waals surface area contributed by atoms with Crippen LogP contribution in [0.2, 0.25) is 10.0 Å². The molecule has 224 valence electrons. The Labute approximate surface area is 242 Å². The number of carbonyl (C=O) groups is 3. The lowest BCUT2D eigenvalue weighted by Gasteiger charge is -2.34. The van der Waals surface area contributed by atoms with Crippen LogP contribution in [0, 0.1) is 0 Å². The van der Waals surface area contributed by atoms with Crippen LogP contribution in [0.15, 0.2) is 36.4 Å². The van der Waals surface area contributed by atoms with Gasteiger partial charge in [-0.3, -0.25) is 9.59 Å². The fourth-order valence-electron chi connectivity index (χ4n) is 4.67. The van der Waals surface area contributed by atoms with Gasteiger partial charge in [-0.2, -0.15) is 13.2 Å². The van der Waals surface area contributed by atoms with E-state index < -0.39 is 24.2 Å². The van der Waals surface area contributed by atoms with E-state index in [1.165, 1.54) is 12.1 Å². The summed E-state index contributed by atoms with van der Waals surface area (Å²) in [7, 11) is 0. The highest BCUT2D eigenvalue weighted by Gasteiger charge is 2.38. The second-order valence-corrected chi connectivity index (χ2v) is 10.5. The van der Waals surface area contributed by atoms with Gasteiger partial charge in [-0.25, -0.2) is 4.79 Å². The molecule has 2 saturated heterocycles. The van der Waals surface area contributed by atoms with Gasteiger partial charge in [-0.1, -0.05) is 23.2 Å². The summed E-state index contributed by atoms with van der Waals surface area (Å²) in [5.74, 6) is -3.91. The summed E-state index contributed by atoms with van der Waals surface area (Å²) in [6.45, 7) is 1.98. The number of hydrogen-bond acceptors (Lipinski definition) is 7. The van der Waals surface area contributed by atoms with Crippen molar-refractivity contribution < 1.29 is 48.0 Å². The van der Waals surface area contributed by atoms with Crippen molar-refractivity contribution in [1.82, 2.24) is 10.2 Å². The highest BCUT2D eigenvalue weighted by atomic mass is 35.5. The van der Waals surface area contributed by atoms with E-state index in [1.807, 2.05) is 9.80 Å². The third-order valence-electron chi connectivity index (χ3n) is 6.69. The van der Waals surface area contributed by atoms with Gasteiger partial charge in [0.2, 0.25) is 0 Å². The Morgan fingerprint density at radius 1 is 1.00 bits per heavy atom. The first kappa shape index (κ1) is 32.3. The number of anilines is 1. The molecule has 2 fully saturated rings. The molecule has 41 heavy (non-hydrogen) atoms. The van der Waals surface area contributed by atoms with Crippen molar-refractivity contribution in [2.24, 2.45) is 0 Å². The lowest BCUT2D eigenvalue weighted by Crippen LogP contribution is -2.50. The minimum Gasteiger partial charge on any atom is -0.506 e. The molecule has 2 aliphatic heterocycles. The number of carbonyl (C=O) groups excluding carboxylic acids is 1. The van der Waals surface area contributed by atoms with Crippen LogP contribution in [0.4, 0.5) is 18.9 Å². The average Bonchev–Trinajstić information content (AvgIpc) is 3.25. The number of aliphatic carboxylic acids is 2. The van der Waals surface area contributed by atoms with Gasteiger partial charge < -0.3 is 35.5 Å². The van der Waals surface area contributed by atoms with Gasteiger partial charge in [0.1, 0.15) is 5.75 Å². The second kappa shape index (κ2) is 13.6. The van der Waals surface area contributed by atoms with Crippen molar-refractivity contribution in [3.05, 3.63) is 57.6 Å². The molecule has 15 heteroatoms. The number of phenols is 1. The first-order valence-electron chi connectivity index (χ1n) is 12.4. The Balaban J connectivity index is 0.000000587. The number of halogens is 5. The van der Waals surface area contributed by atoms with E-state index in [1.54, 1.807) is 24.3 Å². The quantitative estimate of drug-likeness (QED) is 0.327. The number of carboxylic acids is 2. The molecule has 2 aliphatic rings. The van der Waals surface area contributed by atoms with E-state index >= 15 is 0 Å². The van der Waals surface area contributed by atoms with Gasteiger partial charge in [0.05, 0.1) is 23.6 Å². The summed E-state index contributed by atoms with van der Waals surface area (Å²) in [5.41, 5.74) is 1.65. The zero-order chi connectivity index (χ0) is 30.5. The predicted octanol–water partition coefficient (Wildman–Crippen LogP) is 3.40. The van der Waals surface area contributed by atoms with Crippen molar-refractivity contribution in [2.75, 3.05) is 31.1 Å². The third kappa shape index (κ3) is 8.86. The first-order chi connectivity index (χ1) is 19.1. The number of amides is 1. The molecule has 0 spiro atoms. The number of hydrogen-bond donors (Lipinski definition) is 5. The number of likely N-dealkylation sites (tertiary alicyclic amines) is 1.